The fourth-order valence-corrected chi connectivity index (χ4v) is 4.25. The van der Waals surface area contributed by atoms with Crippen LogP contribution in [0.1, 0.15) is 56.9 Å². The topological polar surface area (TPSA) is 27.7 Å². The van der Waals surface area contributed by atoms with Crippen LogP contribution in [0.25, 0.3) is 0 Å². The van der Waals surface area contributed by atoms with Gasteiger partial charge in [-0.2, -0.15) is 8.78 Å². The van der Waals surface area contributed by atoms with Gasteiger partial charge in [-0.15, -0.1) is 0 Å². The summed E-state index contributed by atoms with van der Waals surface area (Å²) in [6, 6.07) is 0. The van der Waals surface area contributed by atoms with Crippen LogP contribution in [0.5, 0.6) is 5.75 Å². The van der Waals surface area contributed by atoms with Gasteiger partial charge in [0.2, 0.25) is 11.6 Å². The molecule has 0 N–H and O–H groups in total. The number of rotatable bonds is 5. The first kappa shape index (κ1) is 20.4. The number of methoxy groups -OCH3 is 1. The number of halogens is 4. The minimum absolute atomic E-state index is 0.128. The minimum Gasteiger partial charge on any atom is -0.491 e. The van der Waals surface area contributed by atoms with E-state index in [9.17, 15) is 17.6 Å². The van der Waals surface area contributed by atoms with Crippen LogP contribution in [-0.2, 0) is 9.47 Å². The molecule has 2 fully saturated rings. The van der Waals surface area contributed by atoms with Crippen molar-refractivity contribution in [3.63, 3.8) is 0 Å². The molecular weight excluding hydrogens is 364 g/mol. The van der Waals surface area contributed by atoms with Crippen LogP contribution in [0.4, 0.5) is 17.6 Å². The van der Waals surface area contributed by atoms with Gasteiger partial charge in [-0.3, -0.25) is 0 Å². The fraction of sp³-hybridized carbons (Fsp3) is 0.700. The van der Waals surface area contributed by atoms with E-state index < -0.39 is 40.5 Å². The summed E-state index contributed by atoms with van der Waals surface area (Å²) in [5.41, 5.74) is -0.516. The van der Waals surface area contributed by atoms with Gasteiger partial charge in [0, 0.05) is 17.4 Å². The maximum Gasteiger partial charge on any atom is 0.204 e. The summed E-state index contributed by atoms with van der Waals surface area (Å²) in [6.45, 7) is 3.45. The Balaban J connectivity index is 1.65. The molecule has 0 atom stereocenters. The summed E-state index contributed by atoms with van der Waals surface area (Å²) in [4.78, 5) is 0. The second kappa shape index (κ2) is 8.78. The van der Waals surface area contributed by atoms with Gasteiger partial charge in [0.05, 0.1) is 20.3 Å². The number of hydrogen-bond donors (Lipinski definition) is 0. The third-order valence-corrected chi connectivity index (χ3v) is 5.72. The van der Waals surface area contributed by atoms with Crippen LogP contribution in [0.3, 0.4) is 0 Å². The van der Waals surface area contributed by atoms with E-state index in [1.165, 1.54) is 0 Å². The van der Waals surface area contributed by atoms with Crippen molar-refractivity contribution in [1.29, 1.82) is 0 Å². The Morgan fingerprint density at radius 3 is 1.93 bits per heavy atom. The average molecular weight is 390 g/mol. The Morgan fingerprint density at radius 2 is 1.44 bits per heavy atom. The molecule has 1 saturated carbocycles. The van der Waals surface area contributed by atoms with Gasteiger partial charge in [0.15, 0.2) is 23.7 Å². The molecule has 1 saturated heterocycles. The first-order valence-corrected chi connectivity index (χ1v) is 9.60. The number of hydrogen-bond acceptors (Lipinski definition) is 3. The molecule has 1 heterocycles. The lowest BCUT2D eigenvalue weighted by Gasteiger charge is -2.37. The van der Waals surface area contributed by atoms with Gasteiger partial charge >= 0.3 is 0 Å². The van der Waals surface area contributed by atoms with Crippen molar-refractivity contribution in [2.45, 2.75) is 57.7 Å². The highest BCUT2D eigenvalue weighted by atomic mass is 19.2. The first-order valence-electron chi connectivity index (χ1n) is 9.60. The Hall–Kier alpha value is -1.34. The lowest BCUT2D eigenvalue weighted by Crippen LogP contribution is -2.38. The van der Waals surface area contributed by atoms with E-state index in [1.54, 1.807) is 0 Å². The maximum atomic E-state index is 14.3. The molecule has 7 heteroatoms. The van der Waals surface area contributed by atoms with Gasteiger partial charge in [-0.25, -0.2) is 8.78 Å². The van der Waals surface area contributed by atoms with Crippen molar-refractivity contribution in [3.8, 4) is 5.75 Å². The molecule has 2 aliphatic rings. The molecule has 0 aromatic heterocycles. The molecule has 0 unspecified atom stereocenters. The highest BCUT2D eigenvalue weighted by Gasteiger charge is 2.36. The van der Waals surface area contributed by atoms with Crippen molar-refractivity contribution in [2.75, 3.05) is 20.3 Å². The highest BCUT2D eigenvalue weighted by molar-refractivity contribution is 5.36. The van der Waals surface area contributed by atoms with E-state index in [1.807, 2.05) is 0 Å². The summed E-state index contributed by atoms with van der Waals surface area (Å²) in [7, 11) is 0.973. The van der Waals surface area contributed by atoms with Gasteiger partial charge in [-0.1, -0.05) is 13.3 Å². The van der Waals surface area contributed by atoms with E-state index in [0.717, 1.165) is 20.0 Å². The van der Waals surface area contributed by atoms with Gasteiger partial charge < -0.3 is 14.2 Å². The third-order valence-electron chi connectivity index (χ3n) is 5.72. The van der Waals surface area contributed by atoms with Gasteiger partial charge in [-0.05, 0) is 38.0 Å². The zero-order valence-electron chi connectivity index (χ0n) is 15.7. The molecule has 3 nitrogen and oxygen atoms in total. The van der Waals surface area contributed by atoms with E-state index in [2.05, 4.69) is 11.7 Å². The number of benzene rings is 1. The van der Waals surface area contributed by atoms with Crippen LogP contribution in [0.2, 0.25) is 0 Å². The Bertz CT molecular complexity index is 622. The van der Waals surface area contributed by atoms with Crippen molar-refractivity contribution in [2.24, 2.45) is 11.8 Å². The molecule has 1 aliphatic carbocycles. The minimum atomic E-state index is -1.48. The lowest BCUT2D eigenvalue weighted by atomic mass is 9.77. The monoisotopic (exact) mass is 390 g/mol. The van der Waals surface area contributed by atoms with Gasteiger partial charge in [0.25, 0.3) is 0 Å². The average Bonchev–Trinajstić information content (AvgIpc) is 2.69. The second-order valence-electron chi connectivity index (χ2n) is 7.50. The lowest BCUT2D eigenvalue weighted by molar-refractivity contribution is -0.229. The van der Waals surface area contributed by atoms with Crippen LogP contribution in [-0.4, -0.2) is 26.6 Å². The largest absolute Gasteiger partial charge is 0.491 e. The van der Waals surface area contributed by atoms with Crippen molar-refractivity contribution in [1.82, 2.24) is 0 Å². The van der Waals surface area contributed by atoms with E-state index in [-0.39, 0.29) is 12.2 Å². The summed E-state index contributed by atoms with van der Waals surface area (Å²) >= 11 is 0. The van der Waals surface area contributed by atoms with Crippen LogP contribution >= 0.6 is 0 Å². The number of ether oxygens (including phenoxy) is 3. The van der Waals surface area contributed by atoms with E-state index >= 15 is 0 Å². The Kier molecular flexibility index (Phi) is 6.63. The SMILES string of the molecule is CCCC1COC(C2CCC(c3c(F)c(F)c(OC)c(F)c3F)CC2)OC1. The summed E-state index contributed by atoms with van der Waals surface area (Å²) < 4.78 is 72.7. The molecular formula is C20H26F4O3. The molecule has 1 aromatic carbocycles. The molecule has 0 spiro atoms. The molecule has 152 valence electrons. The summed E-state index contributed by atoms with van der Waals surface area (Å²) in [5.74, 6) is -6.73. The Labute approximate surface area is 157 Å². The standard InChI is InChI=1S/C20H26F4O3/c1-3-4-11-9-26-20(27-10-11)13-7-5-12(6-8-13)14-15(21)17(23)19(25-2)18(24)16(14)22/h11-13,20H,3-10H2,1-2H3. The predicted molar refractivity (Wildman–Crippen MR) is 91.6 cm³/mol. The predicted octanol–water partition coefficient (Wildman–Crippen LogP) is 5.31. The Morgan fingerprint density at radius 1 is 0.889 bits per heavy atom. The molecule has 1 aromatic rings. The van der Waals surface area contributed by atoms with Crippen molar-refractivity contribution in [3.05, 3.63) is 28.8 Å². The molecule has 27 heavy (non-hydrogen) atoms. The van der Waals surface area contributed by atoms with Crippen LogP contribution in [0.15, 0.2) is 0 Å². The normalized spacial score (nSPS) is 29.0. The highest BCUT2D eigenvalue weighted by Crippen LogP contribution is 2.43. The molecule has 0 amide bonds. The van der Waals surface area contributed by atoms with Crippen molar-refractivity contribution < 1.29 is 31.8 Å². The van der Waals surface area contributed by atoms with Crippen LogP contribution < -0.4 is 4.74 Å². The molecule has 3 rings (SSSR count). The van der Waals surface area contributed by atoms with E-state index in [0.29, 0.717) is 44.8 Å². The summed E-state index contributed by atoms with van der Waals surface area (Å²) in [6.07, 6.45) is 3.94. The van der Waals surface area contributed by atoms with E-state index in [4.69, 9.17) is 9.47 Å². The summed E-state index contributed by atoms with van der Waals surface area (Å²) in [5, 5.41) is 0. The molecule has 1 aliphatic heterocycles. The maximum absolute atomic E-state index is 14.3. The molecule has 0 radical (unpaired) electrons. The van der Waals surface area contributed by atoms with Crippen LogP contribution in [0, 0.1) is 35.1 Å². The molecule has 0 bridgehead atoms. The van der Waals surface area contributed by atoms with Crippen molar-refractivity contribution >= 4 is 0 Å². The zero-order chi connectivity index (χ0) is 19.6. The smallest absolute Gasteiger partial charge is 0.204 e. The quantitative estimate of drug-likeness (QED) is 0.503. The fourth-order valence-electron chi connectivity index (χ4n) is 4.25. The van der Waals surface area contributed by atoms with Gasteiger partial charge in [0.1, 0.15) is 0 Å². The first-order chi connectivity index (χ1) is 13.0. The zero-order valence-corrected chi connectivity index (χ0v) is 15.7. The third kappa shape index (κ3) is 4.09. The second-order valence-corrected chi connectivity index (χ2v) is 7.50.